The maximum Gasteiger partial charge on any atom is 0.0580 e. The highest BCUT2D eigenvalue weighted by Crippen LogP contribution is 2.00. The Labute approximate surface area is 47.0 Å². The minimum absolute atomic E-state index is 0.670. The third-order valence-corrected chi connectivity index (χ3v) is 0.883. The van der Waals surface area contributed by atoms with Crippen molar-refractivity contribution < 1.29 is 0 Å². The first-order valence-corrected chi connectivity index (χ1v) is 2.27. The normalized spacial score (nSPS) is 9.00. The van der Waals surface area contributed by atoms with E-state index in [1.807, 2.05) is 0 Å². The van der Waals surface area contributed by atoms with Gasteiger partial charge >= 0.3 is 0 Å². The molecule has 1 heterocycles. The van der Waals surface area contributed by atoms with E-state index >= 15 is 0 Å². The molecule has 0 atom stereocenters. The highest BCUT2D eigenvalue weighted by atomic mass is 14.7. The Morgan fingerprint density at radius 2 is 2.50 bits per heavy atom. The van der Waals surface area contributed by atoms with Crippen LogP contribution in [0.4, 0.5) is 5.69 Å². The van der Waals surface area contributed by atoms with E-state index in [1.165, 1.54) is 6.21 Å². The molecule has 1 aromatic rings. The number of nitrogen functional groups attached to an aromatic ring is 1. The van der Waals surface area contributed by atoms with Gasteiger partial charge in [0.1, 0.15) is 0 Å². The highest BCUT2D eigenvalue weighted by molar-refractivity contribution is 5.76. The van der Waals surface area contributed by atoms with Crippen LogP contribution in [0.25, 0.3) is 0 Å². The molecule has 0 bridgehead atoms. The zero-order valence-corrected chi connectivity index (χ0v) is 4.31. The molecule has 1 rings (SSSR count). The van der Waals surface area contributed by atoms with Gasteiger partial charge in [0.05, 0.1) is 5.69 Å². The van der Waals surface area contributed by atoms with Crippen LogP contribution in [-0.2, 0) is 0 Å². The maximum atomic E-state index is 6.75. The van der Waals surface area contributed by atoms with Crippen LogP contribution < -0.4 is 5.73 Å². The average Bonchev–Trinajstić information content (AvgIpc) is 2.14. The Balaban J connectivity index is 3.00. The van der Waals surface area contributed by atoms with Crippen molar-refractivity contribution in [3.63, 3.8) is 0 Å². The van der Waals surface area contributed by atoms with E-state index in [4.69, 9.17) is 11.1 Å². The van der Waals surface area contributed by atoms with Crippen LogP contribution in [0.2, 0.25) is 0 Å². The van der Waals surface area contributed by atoms with Crippen molar-refractivity contribution in [1.29, 1.82) is 5.41 Å². The lowest BCUT2D eigenvalue weighted by molar-refractivity contribution is 1.37. The van der Waals surface area contributed by atoms with Crippen LogP contribution in [0.1, 0.15) is 5.69 Å². The second kappa shape index (κ2) is 1.69. The third kappa shape index (κ3) is 0.703. The second-order valence-corrected chi connectivity index (χ2v) is 1.53. The highest BCUT2D eigenvalue weighted by Gasteiger charge is 1.86. The molecule has 0 aliphatic rings. The molecule has 1 aromatic heterocycles. The molecule has 0 aromatic carbocycles. The SMILES string of the molecule is N=Cc1cc(N)c[nH]1. The largest absolute Gasteiger partial charge is 0.397 e. The molecule has 3 nitrogen and oxygen atoms in total. The molecule has 0 radical (unpaired) electrons. The summed E-state index contributed by atoms with van der Waals surface area (Å²) in [6, 6.07) is 1.70. The first-order valence-electron chi connectivity index (χ1n) is 2.27. The lowest BCUT2D eigenvalue weighted by atomic mass is 10.4. The van der Waals surface area contributed by atoms with Gasteiger partial charge in [0, 0.05) is 18.1 Å². The smallest absolute Gasteiger partial charge is 0.0580 e. The van der Waals surface area contributed by atoms with Gasteiger partial charge in [-0.15, -0.1) is 0 Å². The van der Waals surface area contributed by atoms with Crippen molar-refractivity contribution in [2.45, 2.75) is 0 Å². The number of nitrogens with one attached hydrogen (secondary N) is 2. The zero-order valence-electron chi connectivity index (χ0n) is 4.31. The molecule has 3 heteroatoms. The van der Waals surface area contributed by atoms with Crippen molar-refractivity contribution in [2.24, 2.45) is 0 Å². The molecule has 42 valence electrons. The summed E-state index contributed by atoms with van der Waals surface area (Å²) in [6.45, 7) is 0. The predicted molar refractivity (Wildman–Crippen MR) is 33.1 cm³/mol. The predicted octanol–water partition coefficient (Wildman–Crippen LogP) is 0.595. The van der Waals surface area contributed by atoms with Gasteiger partial charge in [-0.05, 0) is 6.07 Å². The topological polar surface area (TPSA) is 65.7 Å². The summed E-state index contributed by atoms with van der Waals surface area (Å²) in [5.74, 6) is 0. The molecule has 4 N–H and O–H groups in total. The maximum absolute atomic E-state index is 6.75. The van der Waals surface area contributed by atoms with E-state index in [0.717, 1.165) is 5.69 Å². The van der Waals surface area contributed by atoms with Crippen molar-refractivity contribution in [2.75, 3.05) is 5.73 Å². The van der Waals surface area contributed by atoms with Crippen molar-refractivity contribution >= 4 is 11.9 Å². The first kappa shape index (κ1) is 4.90. The monoisotopic (exact) mass is 109 g/mol. The lowest BCUT2D eigenvalue weighted by Crippen LogP contribution is -1.76. The first-order chi connectivity index (χ1) is 3.83. The Hall–Kier alpha value is -1.25. The quantitative estimate of drug-likeness (QED) is 0.454. The summed E-state index contributed by atoms with van der Waals surface area (Å²) < 4.78 is 0. The zero-order chi connectivity index (χ0) is 5.98. The van der Waals surface area contributed by atoms with Gasteiger partial charge in [-0.3, -0.25) is 0 Å². The fourth-order valence-electron chi connectivity index (χ4n) is 0.513. The molecule has 0 amide bonds. The van der Waals surface area contributed by atoms with E-state index < -0.39 is 0 Å². The Kier molecular flexibility index (Phi) is 1.04. The molecule has 8 heavy (non-hydrogen) atoms. The number of nitrogens with two attached hydrogens (primary N) is 1. The molecule has 0 spiro atoms. The van der Waals surface area contributed by atoms with Crippen LogP contribution in [0, 0.1) is 5.41 Å². The molecule has 0 aliphatic carbocycles. The molecule has 0 aliphatic heterocycles. The van der Waals surface area contributed by atoms with Gasteiger partial charge in [-0.25, -0.2) is 0 Å². The standard InChI is InChI=1S/C5H7N3/c6-2-5-1-4(7)3-8-5/h1-3,6,8H,7H2. The molecule has 0 saturated carbocycles. The number of rotatable bonds is 1. The van der Waals surface area contributed by atoms with Crippen LogP contribution in [0.3, 0.4) is 0 Å². The lowest BCUT2D eigenvalue weighted by Gasteiger charge is -1.74. The number of aromatic amines is 1. The summed E-state index contributed by atoms with van der Waals surface area (Å²) >= 11 is 0. The van der Waals surface area contributed by atoms with Gasteiger partial charge in [-0.1, -0.05) is 0 Å². The van der Waals surface area contributed by atoms with Crippen molar-refractivity contribution in [3.05, 3.63) is 18.0 Å². The third-order valence-electron chi connectivity index (χ3n) is 0.883. The van der Waals surface area contributed by atoms with Gasteiger partial charge in [0.15, 0.2) is 0 Å². The van der Waals surface area contributed by atoms with Gasteiger partial charge in [0.25, 0.3) is 0 Å². The second-order valence-electron chi connectivity index (χ2n) is 1.53. The number of hydrogen-bond acceptors (Lipinski definition) is 2. The summed E-state index contributed by atoms with van der Waals surface area (Å²) in [5, 5.41) is 6.75. The summed E-state index contributed by atoms with van der Waals surface area (Å²) in [6.07, 6.45) is 2.87. The number of anilines is 1. The van der Waals surface area contributed by atoms with Crippen LogP contribution in [-0.4, -0.2) is 11.2 Å². The fourth-order valence-corrected chi connectivity index (χ4v) is 0.513. The van der Waals surface area contributed by atoms with Crippen LogP contribution in [0.15, 0.2) is 12.3 Å². The number of aromatic nitrogens is 1. The minimum atomic E-state index is 0.670. The van der Waals surface area contributed by atoms with Crippen molar-refractivity contribution in [1.82, 2.24) is 4.98 Å². The van der Waals surface area contributed by atoms with Crippen LogP contribution in [0.5, 0.6) is 0 Å². The number of H-pyrrole nitrogens is 1. The summed E-state index contributed by atoms with van der Waals surface area (Å²) in [5.41, 5.74) is 6.73. The molecular formula is C5H7N3. The van der Waals surface area contributed by atoms with E-state index in [9.17, 15) is 0 Å². The number of hydrogen-bond donors (Lipinski definition) is 3. The summed E-state index contributed by atoms with van der Waals surface area (Å²) in [4.78, 5) is 2.79. The molecule has 0 unspecified atom stereocenters. The average molecular weight is 109 g/mol. The van der Waals surface area contributed by atoms with Gasteiger partial charge in [0.2, 0.25) is 0 Å². The van der Waals surface area contributed by atoms with E-state index in [-0.39, 0.29) is 0 Å². The Bertz CT molecular complexity index is 189. The molecular weight excluding hydrogens is 102 g/mol. The van der Waals surface area contributed by atoms with Crippen molar-refractivity contribution in [3.8, 4) is 0 Å². The van der Waals surface area contributed by atoms with E-state index in [2.05, 4.69) is 4.98 Å². The van der Waals surface area contributed by atoms with Gasteiger partial charge < -0.3 is 16.1 Å². The minimum Gasteiger partial charge on any atom is -0.397 e. The fraction of sp³-hybridized carbons (Fsp3) is 0. The van der Waals surface area contributed by atoms with Gasteiger partial charge in [-0.2, -0.15) is 0 Å². The van der Waals surface area contributed by atoms with E-state index in [0.29, 0.717) is 5.69 Å². The summed E-state index contributed by atoms with van der Waals surface area (Å²) in [7, 11) is 0. The van der Waals surface area contributed by atoms with Crippen LogP contribution >= 0.6 is 0 Å². The molecule has 0 fully saturated rings. The molecule has 0 saturated heterocycles. The Morgan fingerprint density at radius 3 is 2.75 bits per heavy atom. The van der Waals surface area contributed by atoms with E-state index in [1.54, 1.807) is 12.3 Å². The Morgan fingerprint density at radius 1 is 1.75 bits per heavy atom.